The lowest BCUT2D eigenvalue weighted by Gasteiger charge is -2.23. The Hall–Kier alpha value is -4.19. The summed E-state index contributed by atoms with van der Waals surface area (Å²) >= 11 is 0. The van der Waals surface area contributed by atoms with Crippen LogP contribution in [0, 0.1) is 6.92 Å². The maximum atomic E-state index is 12.5. The van der Waals surface area contributed by atoms with Gasteiger partial charge in [-0.25, -0.2) is 8.51 Å². The molecule has 1 aliphatic rings. The number of nitrogens with zero attached hydrogens (tertiary/aromatic N) is 1. The molecule has 0 bridgehead atoms. The van der Waals surface area contributed by atoms with Crippen molar-refractivity contribution in [3.63, 3.8) is 0 Å². The number of nitrogens with one attached hydrogen (secondary N) is 2. The van der Waals surface area contributed by atoms with Gasteiger partial charge in [-0.2, -0.15) is 0 Å². The van der Waals surface area contributed by atoms with E-state index in [0.717, 1.165) is 51.6 Å². The van der Waals surface area contributed by atoms with Crippen molar-refractivity contribution in [3.8, 4) is 11.1 Å². The molecule has 11 heteroatoms. The molecule has 0 spiro atoms. The number of aromatic nitrogens is 1. The van der Waals surface area contributed by atoms with Gasteiger partial charge in [-0.3, -0.25) is 9.59 Å². The molecule has 1 amide bonds. The Labute approximate surface area is 236 Å². The highest BCUT2D eigenvalue weighted by Gasteiger charge is 2.19. The Balaban J connectivity index is 0.00000216. The zero-order valence-electron chi connectivity index (χ0n) is 22.9. The fourth-order valence-corrected chi connectivity index (χ4v) is 5.11. The topological polar surface area (TPSA) is 170 Å². The average Bonchev–Trinajstić information content (AvgIpc) is 3.42. The van der Waals surface area contributed by atoms with Crippen LogP contribution in [0.25, 0.3) is 27.6 Å². The Morgan fingerprint density at radius 3 is 2.65 bits per heavy atom. The van der Waals surface area contributed by atoms with Gasteiger partial charge in [0.15, 0.2) is 18.8 Å². The molecule has 1 unspecified atom stereocenters. The van der Waals surface area contributed by atoms with E-state index < -0.39 is 11.0 Å². The molecule has 1 aromatic heterocycles. The highest BCUT2D eigenvalue weighted by molar-refractivity contribution is 7.81. The Morgan fingerprint density at radius 1 is 1.23 bits per heavy atom. The molecule has 10 nitrogen and oxygen atoms in total. The highest BCUT2D eigenvalue weighted by Crippen LogP contribution is 2.37. The third-order valence-corrected chi connectivity index (χ3v) is 7.53. The van der Waals surface area contributed by atoms with Crippen molar-refractivity contribution < 1.29 is 18.5 Å². The van der Waals surface area contributed by atoms with Gasteiger partial charge in [0.05, 0.1) is 16.5 Å². The summed E-state index contributed by atoms with van der Waals surface area (Å²) in [5.41, 5.74) is 22.2. The lowest BCUT2D eigenvalue weighted by Crippen LogP contribution is -2.29. The number of aromatic amines is 1. The standard InChI is InChI=1S/C28H31N5O4S.CH5N/c1-18-21(5-3-6-24(18)31-27(35)17-37-26(30)7-4-12-29)22-9-8-20(16-34)28-23(22)15-25(32-28)19-10-13-33(14-11-19)38(2)36;1-2/h3-10,12,15-16,32H,11,13-14,17,29-30H2,1-2H3,(H,31,35);2H2,1H3/b12-4-,26-7+;. The summed E-state index contributed by atoms with van der Waals surface area (Å²) in [5.74, 6) is -0.271. The number of nitrogens with two attached hydrogens (primary N) is 3. The third kappa shape index (κ3) is 7.06. The first kappa shape index (κ1) is 30.4. The van der Waals surface area contributed by atoms with Gasteiger partial charge < -0.3 is 32.2 Å². The van der Waals surface area contributed by atoms with E-state index in [1.807, 2.05) is 35.5 Å². The summed E-state index contributed by atoms with van der Waals surface area (Å²) in [6.45, 7) is 2.99. The van der Waals surface area contributed by atoms with Crippen molar-refractivity contribution in [2.24, 2.45) is 17.2 Å². The quantitative estimate of drug-likeness (QED) is 0.151. The molecule has 4 rings (SSSR count). The van der Waals surface area contributed by atoms with Gasteiger partial charge in [0, 0.05) is 41.7 Å². The zero-order chi connectivity index (χ0) is 29.2. The van der Waals surface area contributed by atoms with Gasteiger partial charge in [0.2, 0.25) is 0 Å². The van der Waals surface area contributed by atoms with Crippen LogP contribution in [0.5, 0.6) is 0 Å². The lowest BCUT2D eigenvalue weighted by molar-refractivity contribution is -0.119. The number of carbonyl (C=O) groups is 2. The predicted molar refractivity (Wildman–Crippen MR) is 162 cm³/mol. The van der Waals surface area contributed by atoms with Crippen LogP contribution >= 0.6 is 0 Å². The molecule has 0 radical (unpaired) electrons. The fourth-order valence-electron chi connectivity index (χ4n) is 4.47. The van der Waals surface area contributed by atoms with Crippen LogP contribution in [0.4, 0.5) is 5.69 Å². The first-order valence-electron chi connectivity index (χ1n) is 12.7. The van der Waals surface area contributed by atoms with Crippen LogP contribution in [0.3, 0.4) is 0 Å². The van der Waals surface area contributed by atoms with Crippen molar-refractivity contribution >= 4 is 45.3 Å². The number of hydrogen-bond acceptors (Lipinski definition) is 7. The number of H-pyrrole nitrogens is 1. The average molecular weight is 565 g/mol. The van der Waals surface area contributed by atoms with Crippen LogP contribution in [0.15, 0.2) is 66.7 Å². The van der Waals surface area contributed by atoms with E-state index in [0.29, 0.717) is 24.3 Å². The van der Waals surface area contributed by atoms with E-state index in [1.54, 1.807) is 12.3 Å². The molecular weight excluding hydrogens is 528 g/mol. The molecule has 8 N–H and O–H groups in total. The Bertz CT molecular complexity index is 1490. The van der Waals surface area contributed by atoms with Crippen LogP contribution < -0.4 is 22.5 Å². The molecule has 3 aromatic rings. The van der Waals surface area contributed by atoms with E-state index in [2.05, 4.69) is 28.2 Å². The Kier molecular flexibility index (Phi) is 10.8. The second kappa shape index (κ2) is 14.3. The largest absolute Gasteiger partial charge is 0.469 e. The van der Waals surface area contributed by atoms with Gasteiger partial charge in [0.25, 0.3) is 5.91 Å². The third-order valence-electron chi connectivity index (χ3n) is 6.47. The summed E-state index contributed by atoms with van der Waals surface area (Å²) in [5, 5.41) is 3.79. The number of amides is 1. The van der Waals surface area contributed by atoms with Gasteiger partial charge in [-0.15, -0.1) is 0 Å². The Morgan fingerprint density at radius 2 is 2.00 bits per heavy atom. The van der Waals surface area contributed by atoms with Gasteiger partial charge in [-0.05, 0) is 79.2 Å². The number of carbonyl (C=O) groups excluding carboxylic acids is 2. The fraction of sp³-hybridized carbons (Fsp3) is 0.241. The summed E-state index contributed by atoms with van der Waals surface area (Å²) in [6, 6.07) is 11.5. The number of fused-ring (bicyclic) bond motifs is 1. The molecule has 2 aromatic carbocycles. The van der Waals surface area contributed by atoms with E-state index >= 15 is 0 Å². The maximum absolute atomic E-state index is 12.5. The van der Waals surface area contributed by atoms with Crippen LogP contribution in [-0.4, -0.2) is 58.7 Å². The minimum atomic E-state index is -1.01. The molecule has 0 saturated heterocycles. The van der Waals surface area contributed by atoms with E-state index in [9.17, 15) is 13.8 Å². The second-order valence-electron chi connectivity index (χ2n) is 8.85. The van der Waals surface area contributed by atoms with E-state index in [4.69, 9.17) is 16.2 Å². The minimum Gasteiger partial charge on any atom is -0.469 e. The normalized spacial score (nSPS) is 14.8. The predicted octanol–water partition coefficient (Wildman–Crippen LogP) is 3.14. The van der Waals surface area contributed by atoms with Crippen LogP contribution in [0.1, 0.15) is 28.0 Å². The number of hydrogen-bond donors (Lipinski definition) is 5. The molecule has 0 aliphatic carbocycles. The molecule has 0 saturated carbocycles. The molecule has 0 fully saturated rings. The molecule has 1 atom stereocenters. The van der Waals surface area contributed by atoms with E-state index in [1.165, 1.54) is 25.4 Å². The SMILES string of the molecule is CN.Cc1c(NC(=O)CO/C(N)=C/C=C\N)cccc1-c1ccc(C=O)c2[nH]c(C3=CCN(S(C)=O)CC3)cc12. The van der Waals surface area contributed by atoms with Crippen molar-refractivity contribution in [2.75, 3.05) is 38.3 Å². The molecule has 2 heterocycles. The monoisotopic (exact) mass is 564 g/mol. The first-order valence-corrected chi connectivity index (χ1v) is 14.2. The summed E-state index contributed by atoms with van der Waals surface area (Å²) in [7, 11) is 0.492. The molecule has 1 aliphatic heterocycles. The number of anilines is 1. The first-order chi connectivity index (χ1) is 19.3. The number of benzene rings is 2. The number of ether oxygens (including phenoxy) is 1. The van der Waals surface area contributed by atoms with Gasteiger partial charge in [-0.1, -0.05) is 24.3 Å². The van der Waals surface area contributed by atoms with Gasteiger partial charge in [0.1, 0.15) is 0 Å². The maximum Gasteiger partial charge on any atom is 0.262 e. The van der Waals surface area contributed by atoms with Crippen molar-refractivity contribution in [1.29, 1.82) is 0 Å². The number of aldehydes is 1. The molecular formula is C29H36N6O4S. The molecule has 40 heavy (non-hydrogen) atoms. The number of allylic oxidation sites excluding steroid dienone is 2. The minimum absolute atomic E-state index is 0.0805. The van der Waals surface area contributed by atoms with Crippen molar-refractivity contribution in [2.45, 2.75) is 13.3 Å². The summed E-state index contributed by atoms with van der Waals surface area (Å²) < 4.78 is 19.0. The van der Waals surface area contributed by atoms with Crippen LogP contribution in [-0.2, 0) is 20.5 Å². The number of rotatable bonds is 9. The van der Waals surface area contributed by atoms with Crippen LogP contribution in [0.2, 0.25) is 0 Å². The lowest BCUT2D eigenvalue weighted by atomic mass is 9.94. The van der Waals surface area contributed by atoms with Crippen molar-refractivity contribution in [1.82, 2.24) is 9.29 Å². The van der Waals surface area contributed by atoms with Crippen molar-refractivity contribution in [3.05, 3.63) is 83.5 Å². The smallest absolute Gasteiger partial charge is 0.262 e. The zero-order valence-corrected chi connectivity index (χ0v) is 23.7. The highest BCUT2D eigenvalue weighted by atomic mass is 32.2. The summed E-state index contributed by atoms with van der Waals surface area (Å²) in [4.78, 5) is 27.8. The molecule has 212 valence electrons. The van der Waals surface area contributed by atoms with Gasteiger partial charge >= 0.3 is 0 Å². The summed E-state index contributed by atoms with van der Waals surface area (Å²) in [6.07, 6.45) is 9.64. The second-order valence-corrected chi connectivity index (χ2v) is 10.2. The van der Waals surface area contributed by atoms with E-state index in [-0.39, 0.29) is 18.4 Å².